The van der Waals surface area contributed by atoms with Crippen LogP contribution in [0.4, 0.5) is 5.69 Å². The fraction of sp³-hybridized carbons (Fsp3) is 0.545. The van der Waals surface area contributed by atoms with Crippen LogP contribution in [0, 0.1) is 5.92 Å². The van der Waals surface area contributed by atoms with Crippen LogP contribution in [0.5, 0.6) is 0 Å². The van der Waals surface area contributed by atoms with E-state index in [1.807, 2.05) is 12.3 Å². The summed E-state index contributed by atoms with van der Waals surface area (Å²) in [6.45, 7) is 4.52. The minimum absolute atomic E-state index is 0.0999. The van der Waals surface area contributed by atoms with Crippen molar-refractivity contribution in [2.75, 3.05) is 18.0 Å². The zero-order valence-corrected chi connectivity index (χ0v) is 8.48. The number of pyridine rings is 1. The Morgan fingerprint density at radius 3 is 3.14 bits per heavy atom. The zero-order valence-electron chi connectivity index (χ0n) is 8.48. The maximum atomic E-state index is 9.19. The molecule has 3 heteroatoms. The highest BCUT2D eigenvalue weighted by molar-refractivity contribution is 5.52. The lowest BCUT2D eigenvalue weighted by Gasteiger charge is -2.20. The van der Waals surface area contributed by atoms with E-state index in [4.69, 9.17) is 0 Å². The van der Waals surface area contributed by atoms with Gasteiger partial charge in [0.1, 0.15) is 0 Å². The number of hydrogen-bond acceptors (Lipinski definition) is 3. The van der Waals surface area contributed by atoms with Crippen molar-refractivity contribution in [2.45, 2.75) is 20.0 Å². The summed E-state index contributed by atoms with van der Waals surface area (Å²) in [6.07, 6.45) is 4.82. The summed E-state index contributed by atoms with van der Waals surface area (Å²) < 4.78 is 0. The molecule has 14 heavy (non-hydrogen) atoms. The summed E-state index contributed by atoms with van der Waals surface area (Å²) in [6, 6.07) is 1.89. The van der Waals surface area contributed by atoms with Crippen molar-refractivity contribution in [1.82, 2.24) is 4.98 Å². The Morgan fingerprint density at radius 2 is 2.50 bits per heavy atom. The van der Waals surface area contributed by atoms with Gasteiger partial charge < -0.3 is 10.0 Å². The standard InChI is InChI=1S/C11H16N2O/c1-9-3-5-13(7-9)11-6-12-4-2-10(11)8-14/h2,4,6,9,14H,3,5,7-8H2,1H3. The summed E-state index contributed by atoms with van der Waals surface area (Å²) in [5.74, 6) is 0.752. The van der Waals surface area contributed by atoms with Gasteiger partial charge in [-0.3, -0.25) is 4.98 Å². The molecule has 0 aliphatic carbocycles. The van der Waals surface area contributed by atoms with E-state index in [1.165, 1.54) is 6.42 Å². The Kier molecular flexibility index (Phi) is 2.68. The molecule has 0 aromatic carbocycles. The molecule has 3 nitrogen and oxygen atoms in total. The van der Waals surface area contributed by atoms with Crippen molar-refractivity contribution in [2.24, 2.45) is 5.92 Å². The molecule has 0 saturated carbocycles. The van der Waals surface area contributed by atoms with Gasteiger partial charge in [0.15, 0.2) is 0 Å². The summed E-state index contributed by atoms with van der Waals surface area (Å²) >= 11 is 0. The van der Waals surface area contributed by atoms with E-state index < -0.39 is 0 Å². The van der Waals surface area contributed by atoms with Crippen molar-refractivity contribution >= 4 is 5.69 Å². The van der Waals surface area contributed by atoms with E-state index >= 15 is 0 Å². The molecule has 1 aliphatic heterocycles. The van der Waals surface area contributed by atoms with Crippen LogP contribution in [-0.4, -0.2) is 23.2 Å². The second kappa shape index (κ2) is 3.96. The Hall–Kier alpha value is -1.09. The van der Waals surface area contributed by atoms with Crippen LogP contribution in [0.1, 0.15) is 18.9 Å². The van der Waals surface area contributed by atoms with Crippen molar-refractivity contribution < 1.29 is 5.11 Å². The van der Waals surface area contributed by atoms with E-state index in [-0.39, 0.29) is 6.61 Å². The maximum absolute atomic E-state index is 9.19. The third-order valence-electron chi connectivity index (χ3n) is 2.82. The van der Waals surface area contributed by atoms with Crippen LogP contribution >= 0.6 is 0 Å². The highest BCUT2D eigenvalue weighted by Crippen LogP contribution is 2.25. The highest BCUT2D eigenvalue weighted by atomic mass is 16.3. The SMILES string of the molecule is CC1CCN(c2cnccc2CO)C1. The van der Waals surface area contributed by atoms with E-state index in [2.05, 4.69) is 16.8 Å². The largest absolute Gasteiger partial charge is 0.392 e. The molecule has 1 aliphatic rings. The lowest BCUT2D eigenvalue weighted by molar-refractivity contribution is 0.282. The first kappa shape index (κ1) is 9.46. The molecule has 1 saturated heterocycles. The first-order valence-electron chi connectivity index (χ1n) is 5.10. The van der Waals surface area contributed by atoms with Crippen LogP contribution in [0.2, 0.25) is 0 Å². The molecule has 1 fully saturated rings. The smallest absolute Gasteiger partial charge is 0.0703 e. The third kappa shape index (κ3) is 1.73. The Morgan fingerprint density at radius 1 is 1.64 bits per heavy atom. The van der Waals surface area contributed by atoms with E-state index in [1.54, 1.807) is 6.20 Å². The van der Waals surface area contributed by atoms with Gasteiger partial charge in [-0.1, -0.05) is 6.92 Å². The minimum Gasteiger partial charge on any atom is -0.392 e. The summed E-state index contributed by atoms with van der Waals surface area (Å²) in [7, 11) is 0. The van der Waals surface area contributed by atoms with Gasteiger partial charge >= 0.3 is 0 Å². The van der Waals surface area contributed by atoms with E-state index in [9.17, 15) is 5.11 Å². The molecule has 0 radical (unpaired) electrons. The number of rotatable bonds is 2. The number of aliphatic hydroxyl groups excluding tert-OH is 1. The molecule has 1 unspecified atom stereocenters. The quantitative estimate of drug-likeness (QED) is 0.770. The van der Waals surface area contributed by atoms with Crippen LogP contribution in [0.3, 0.4) is 0 Å². The highest BCUT2D eigenvalue weighted by Gasteiger charge is 2.20. The van der Waals surface area contributed by atoms with Crippen LogP contribution in [0.25, 0.3) is 0 Å². The number of hydrogen-bond donors (Lipinski definition) is 1. The van der Waals surface area contributed by atoms with Crippen molar-refractivity contribution in [3.63, 3.8) is 0 Å². The molecular formula is C11H16N2O. The first-order valence-corrected chi connectivity index (χ1v) is 5.10. The van der Waals surface area contributed by atoms with Crippen LogP contribution in [-0.2, 0) is 6.61 Å². The Labute approximate surface area is 84.4 Å². The summed E-state index contributed by atoms with van der Waals surface area (Å²) in [5.41, 5.74) is 2.08. The fourth-order valence-corrected chi connectivity index (χ4v) is 1.99. The Balaban J connectivity index is 2.22. The van der Waals surface area contributed by atoms with E-state index in [0.29, 0.717) is 0 Å². The van der Waals surface area contributed by atoms with Gasteiger partial charge in [-0.25, -0.2) is 0 Å². The van der Waals surface area contributed by atoms with Crippen molar-refractivity contribution in [1.29, 1.82) is 0 Å². The number of aromatic nitrogens is 1. The molecule has 2 heterocycles. The lowest BCUT2D eigenvalue weighted by Crippen LogP contribution is -2.20. The fourth-order valence-electron chi connectivity index (χ4n) is 1.99. The molecule has 1 N–H and O–H groups in total. The van der Waals surface area contributed by atoms with Gasteiger partial charge in [0.05, 0.1) is 18.5 Å². The van der Waals surface area contributed by atoms with Gasteiger partial charge in [0.25, 0.3) is 0 Å². The molecule has 2 rings (SSSR count). The predicted octanol–water partition coefficient (Wildman–Crippen LogP) is 1.42. The van der Waals surface area contributed by atoms with Gasteiger partial charge in [-0.2, -0.15) is 0 Å². The van der Waals surface area contributed by atoms with Gasteiger partial charge in [-0.05, 0) is 18.4 Å². The molecule has 1 atom stereocenters. The number of anilines is 1. The summed E-state index contributed by atoms with van der Waals surface area (Å²) in [4.78, 5) is 6.42. The molecule has 0 bridgehead atoms. The van der Waals surface area contributed by atoms with Crippen molar-refractivity contribution in [3.8, 4) is 0 Å². The molecule has 76 valence electrons. The normalized spacial score (nSPS) is 21.6. The zero-order chi connectivity index (χ0) is 9.97. The summed E-state index contributed by atoms with van der Waals surface area (Å²) in [5, 5.41) is 9.19. The average Bonchev–Trinajstić information content (AvgIpc) is 2.65. The molecule has 0 amide bonds. The van der Waals surface area contributed by atoms with Gasteiger partial charge in [0, 0.05) is 24.8 Å². The molecule has 1 aromatic rings. The topological polar surface area (TPSA) is 36.4 Å². The Bertz CT molecular complexity index is 314. The predicted molar refractivity (Wildman–Crippen MR) is 56.2 cm³/mol. The number of aliphatic hydroxyl groups is 1. The minimum atomic E-state index is 0.0999. The molecular weight excluding hydrogens is 176 g/mol. The second-order valence-electron chi connectivity index (χ2n) is 4.00. The second-order valence-corrected chi connectivity index (χ2v) is 4.00. The van der Waals surface area contributed by atoms with Crippen LogP contribution < -0.4 is 4.90 Å². The number of nitrogens with zero attached hydrogens (tertiary/aromatic N) is 2. The lowest BCUT2D eigenvalue weighted by atomic mass is 10.2. The van der Waals surface area contributed by atoms with E-state index in [0.717, 1.165) is 30.3 Å². The van der Waals surface area contributed by atoms with Crippen molar-refractivity contribution in [3.05, 3.63) is 24.0 Å². The van der Waals surface area contributed by atoms with Gasteiger partial charge in [0.2, 0.25) is 0 Å². The molecule has 0 spiro atoms. The maximum Gasteiger partial charge on any atom is 0.0703 e. The average molecular weight is 192 g/mol. The van der Waals surface area contributed by atoms with Crippen LogP contribution in [0.15, 0.2) is 18.5 Å². The third-order valence-corrected chi connectivity index (χ3v) is 2.82. The molecule has 1 aromatic heterocycles. The van der Waals surface area contributed by atoms with Gasteiger partial charge in [-0.15, -0.1) is 0 Å². The monoisotopic (exact) mass is 192 g/mol. The first-order chi connectivity index (χ1) is 6.81.